The van der Waals surface area contributed by atoms with Gasteiger partial charge in [0, 0.05) is 10.8 Å². The van der Waals surface area contributed by atoms with Crippen molar-refractivity contribution in [2.75, 3.05) is 0 Å². The fraction of sp³-hybridized carbons (Fsp3) is 0. The van der Waals surface area contributed by atoms with E-state index in [1.54, 1.807) is 0 Å². The van der Waals surface area contributed by atoms with E-state index in [0.29, 0.717) is 16.3 Å². The summed E-state index contributed by atoms with van der Waals surface area (Å²) in [4.78, 5) is 0. The first-order valence-electron chi connectivity index (χ1n) is 21.3. The van der Waals surface area contributed by atoms with Crippen LogP contribution >= 0.6 is 0 Å². The molecular weight excluding hydrogens is 544 g/mol. The van der Waals surface area contributed by atoms with Gasteiger partial charge >= 0.3 is 0 Å². The van der Waals surface area contributed by atoms with Crippen LogP contribution in [0.3, 0.4) is 0 Å². The summed E-state index contributed by atoms with van der Waals surface area (Å²) in [5.41, 5.74) is 0.484. The average Bonchev–Trinajstić information content (AvgIpc) is 3.64. The normalized spacial score (nSPS) is 15.9. The van der Waals surface area contributed by atoms with Crippen LogP contribution in [0.2, 0.25) is 0 Å². The summed E-state index contributed by atoms with van der Waals surface area (Å²) >= 11 is 0. The fourth-order valence-corrected chi connectivity index (χ4v) is 6.10. The summed E-state index contributed by atoms with van der Waals surface area (Å²) in [5, 5.41) is 2.59. The Labute approximate surface area is 281 Å². The van der Waals surface area contributed by atoms with E-state index in [4.69, 9.17) is 16.8 Å². The molecular formula is C44H28O. The van der Waals surface area contributed by atoms with Crippen LogP contribution in [0.15, 0.2) is 174 Å². The molecule has 0 saturated carbocycles. The third-order valence-electron chi connectivity index (χ3n) is 8.01. The van der Waals surface area contributed by atoms with Crippen molar-refractivity contribution in [2.45, 2.75) is 0 Å². The summed E-state index contributed by atoms with van der Waals surface area (Å²) in [7, 11) is 0. The van der Waals surface area contributed by atoms with Gasteiger partial charge in [0.2, 0.25) is 0 Å². The third kappa shape index (κ3) is 4.17. The van der Waals surface area contributed by atoms with Crippen molar-refractivity contribution < 1.29 is 23.6 Å². The minimum Gasteiger partial charge on any atom is -0.456 e. The summed E-state index contributed by atoms with van der Waals surface area (Å²) in [6.45, 7) is 0. The monoisotopic (exact) mass is 586 g/mol. The van der Waals surface area contributed by atoms with Crippen LogP contribution in [0.4, 0.5) is 0 Å². The Bertz CT molecular complexity index is 3230. The van der Waals surface area contributed by atoms with Crippen LogP contribution in [0, 0.1) is 0 Å². The highest BCUT2D eigenvalue weighted by Gasteiger charge is 2.17. The number of hydrogen-bond acceptors (Lipinski definition) is 1. The summed E-state index contributed by atoms with van der Waals surface area (Å²) in [6, 6.07) is 18.2. The molecule has 0 aliphatic carbocycles. The van der Waals surface area contributed by atoms with Crippen molar-refractivity contribution >= 4 is 43.5 Å². The molecule has 8 aromatic carbocycles. The molecule has 9 rings (SSSR count). The zero-order chi connectivity index (χ0) is 41.9. The average molecular weight is 587 g/mol. The molecule has 0 radical (unpaired) electrons. The van der Waals surface area contributed by atoms with E-state index >= 15 is 0 Å². The first kappa shape index (κ1) is 15.2. The van der Waals surface area contributed by atoms with Crippen molar-refractivity contribution in [2.24, 2.45) is 0 Å². The number of furan rings is 1. The van der Waals surface area contributed by atoms with Gasteiger partial charge in [0.05, 0.1) is 19.2 Å². The predicted molar refractivity (Wildman–Crippen MR) is 190 cm³/mol. The molecule has 0 spiro atoms. The second-order valence-electron chi connectivity index (χ2n) is 10.5. The molecule has 0 saturated heterocycles. The van der Waals surface area contributed by atoms with Gasteiger partial charge in [0.25, 0.3) is 0 Å². The van der Waals surface area contributed by atoms with E-state index in [1.165, 1.54) is 6.07 Å². The molecule has 210 valence electrons. The fourth-order valence-electron chi connectivity index (χ4n) is 6.10. The Morgan fingerprint density at radius 3 is 1.73 bits per heavy atom. The smallest absolute Gasteiger partial charge is 0.136 e. The maximum atomic E-state index is 9.71. The molecule has 0 atom stereocenters. The Balaban J connectivity index is 1.39. The molecule has 9 aromatic rings. The maximum absolute atomic E-state index is 9.71. The van der Waals surface area contributed by atoms with E-state index in [1.807, 2.05) is 78.9 Å². The van der Waals surface area contributed by atoms with Crippen molar-refractivity contribution in [1.29, 1.82) is 0 Å². The standard InChI is InChI=1S/C44H28O/c1-3-13-29(14-4-1)34-23-12-24-40-44(34)39-26-25-32(28-41(39)45-40)31-17-11-18-33(27-31)43-37-21-9-7-19-35(37)42(30-15-5-2-6-16-30)36-20-8-10-22-38(36)43/h1-28H/i1D,3D,4D,11D,12D,13D,14D,18D,23D,24D,25D,26D,27D,28D. The van der Waals surface area contributed by atoms with Crippen LogP contribution < -0.4 is 0 Å². The van der Waals surface area contributed by atoms with Crippen molar-refractivity contribution in [3.05, 3.63) is 170 Å². The Hall–Kier alpha value is -5.92. The van der Waals surface area contributed by atoms with E-state index in [9.17, 15) is 6.85 Å². The van der Waals surface area contributed by atoms with Gasteiger partial charge in [-0.2, -0.15) is 0 Å². The Morgan fingerprint density at radius 1 is 0.378 bits per heavy atom. The van der Waals surface area contributed by atoms with Crippen molar-refractivity contribution in [3.63, 3.8) is 0 Å². The molecule has 45 heavy (non-hydrogen) atoms. The molecule has 1 nitrogen and oxygen atoms in total. The number of rotatable bonds is 4. The summed E-state index contributed by atoms with van der Waals surface area (Å²) < 4.78 is 130. The van der Waals surface area contributed by atoms with Gasteiger partial charge < -0.3 is 4.42 Å². The third-order valence-corrected chi connectivity index (χ3v) is 8.01. The molecule has 0 aliphatic heterocycles. The van der Waals surface area contributed by atoms with Gasteiger partial charge in [-0.3, -0.25) is 0 Å². The van der Waals surface area contributed by atoms with Crippen LogP contribution in [0.5, 0.6) is 0 Å². The minimum atomic E-state index is -0.711. The lowest BCUT2D eigenvalue weighted by atomic mass is 9.85. The minimum absolute atomic E-state index is 0.0733. The number of fused-ring (bicyclic) bond motifs is 5. The lowest BCUT2D eigenvalue weighted by molar-refractivity contribution is 0.669. The molecule has 0 bridgehead atoms. The molecule has 0 unspecified atom stereocenters. The zero-order valence-electron chi connectivity index (χ0n) is 37.5. The second-order valence-corrected chi connectivity index (χ2v) is 10.5. The largest absolute Gasteiger partial charge is 0.456 e. The summed E-state index contributed by atoms with van der Waals surface area (Å²) in [5.74, 6) is 0. The van der Waals surface area contributed by atoms with Crippen LogP contribution in [-0.4, -0.2) is 0 Å². The Kier molecular flexibility index (Phi) is 3.50. The van der Waals surface area contributed by atoms with Gasteiger partial charge in [0.15, 0.2) is 0 Å². The van der Waals surface area contributed by atoms with Crippen LogP contribution in [0.1, 0.15) is 19.2 Å². The van der Waals surface area contributed by atoms with E-state index in [2.05, 4.69) is 0 Å². The molecule has 0 aliphatic rings. The molecule has 1 heteroatoms. The first-order chi connectivity index (χ1) is 28.2. The predicted octanol–water partition coefficient (Wildman–Crippen LogP) is 12.6. The quantitative estimate of drug-likeness (QED) is 0.187. The lowest BCUT2D eigenvalue weighted by Crippen LogP contribution is -1.91. The van der Waals surface area contributed by atoms with Gasteiger partial charge in [-0.1, -0.05) is 145 Å². The van der Waals surface area contributed by atoms with E-state index in [-0.39, 0.29) is 56.7 Å². The second kappa shape index (κ2) is 10.4. The van der Waals surface area contributed by atoms with Gasteiger partial charge in [-0.05, 0) is 90.2 Å². The van der Waals surface area contributed by atoms with E-state index in [0.717, 1.165) is 21.9 Å². The Morgan fingerprint density at radius 2 is 1.02 bits per heavy atom. The van der Waals surface area contributed by atoms with Gasteiger partial charge in [-0.25, -0.2) is 0 Å². The van der Waals surface area contributed by atoms with Crippen molar-refractivity contribution in [1.82, 2.24) is 0 Å². The molecule has 0 amide bonds. The van der Waals surface area contributed by atoms with Gasteiger partial charge in [-0.15, -0.1) is 0 Å². The maximum Gasteiger partial charge on any atom is 0.136 e. The summed E-state index contributed by atoms with van der Waals surface area (Å²) in [6.07, 6.45) is 0. The van der Waals surface area contributed by atoms with Crippen LogP contribution in [-0.2, 0) is 0 Å². The molecule has 0 N–H and O–H groups in total. The topological polar surface area (TPSA) is 13.1 Å². The molecule has 0 fully saturated rings. The molecule has 1 heterocycles. The molecule has 1 aromatic heterocycles. The van der Waals surface area contributed by atoms with E-state index < -0.39 is 77.6 Å². The highest BCUT2D eigenvalue weighted by atomic mass is 16.3. The van der Waals surface area contributed by atoms with Crippen LogP contribution in [0.25, 0.3) is 88.0 Å². The number of hydrogen-bond donors (Lipinski definition) is 0. The highest BCUT2D eigenvalue weighted by molar-refractivity contribution is 6.21. The lowest BCUT2D eigenvalue weighted by Gasteiger charge is -2.18. The first-order valence-corrected chi connectivity index (χ1v) is 14.3. The zero-order valence-corrected chi connectivity index (χ0v) is 23.5. The highest BCUT2D eigenvalue weighted by Crippen LogP contribution is 2.44. The van der Waals surface area contributed by atoms with Crippen molar-refractivity contribution in [3.8, 4) is 44.5 Å². The SMILES string of the molecule is [2H]c1cc(-c2c([2H])c([2H])c3c(oc4c([2H])c([2H])c([2H])c(-c5c([2H])c([2H])c([2H])c([2H])c5[2H])c43)c2[2H])c([2H])c(-c2c3ccccc3c(-c3ccccc3)c3ccccc23)c1[2H]. The van der Waals surface area contributed by atoms with Gasteiger partial charge in [0.1, 0.15) is 11.2 Å². The number of benzene rings is 8.